The average molecular weight is 234 g/mol. The van der Waals surface area contributed by atoms with Gasteiger partial charge in [0.15, 0.2) is 0 Å². The summed E-state index contributed by atoms with van der Waals surface area (Å²) in [7, 11) is 0. The Hall–Kier alpha value is -1.87. The standard InChI is InChI=1S/C11H14N4O2/c1-8-5-15-10(4-9(7-16)13-15)6-14(8)11(17)2-3-12/h4,8,16H,2,5-7H2,1H3. The fraction of sp³-hybridized carbons (Fsp3) is 0.545. The molecule has 1 aromatic heterocycles. The smallest absolute Gasteiger partial charge is 0.237 e. The molecule has 2 rings (SSSR count). The average Bonchev–Trinajstić information content (AvgIpc) is 2.70. The summed E-state index contributed by atoms with van der Waals surface area (Å²) in [5.74, 6) is -0.155. The van der Waals surface area contributed by atoms with Gasteiger partial charge < -0.3 is 10.0 Å². The van der Waals surface area contributed by atoms with Crippen molar-refractivity contribution in [3.05, 3.63) is 17.5 Å². The van der Waals surface area contributed by atoms with E-state index in [-0.39, 0.29) is 25.0 Å². The number of rotatable bonds is 2. The van der Waals surface area contributed by atoms with Crippen LogP contribution in [0.1, 0.15) is 24.7 Å². The van der Waals surface area contributed by atoms with Gasteiger partial charge in [-0.25, -0.2) is 0 Å². The highest BCUT2D eigenvalue weighted by Crippen LogP contribution is 2.19. The molecule has 6 heteroatoms. The lowest BCUT2D eigenvalue weighted by Crippen LogP contribution is -2.44. The molecule has 0 radical (unpaired) electrons. The SMILES string of the molecule is CC1Cn2nc(CO)cc2CN1C(=O)CC#N. The second kappa shape index (κ2) is 4.55. The first-order valence-electron chi connectivity index (χ1n) is 5.48. The maximum absolute atomic E-state index is 11.7. The molecule has 0 bridgehead atoms. The van der Waals surface area contributed by atoms with E-state index in [2.05, 4.69) is 5.10 Å². The zero-order valence-corrected chi connectivity index (χ0v) is 9.63. The van der Waals surface area contributed by atoms with Gasteiger partial charge in [0.05, 0.1) is 37.2 Å². The number of aliphatic hydroxyl groups is 1. The van der Waals surface area contributed by atoms with E-state index in [4.69, 9.17) is 10.4 Å². The Morgan fingerprint density at radius 2 is 2.53 bits per heavy atom. The molecule has 0 saturated heterocycles. The minimum absolute atomic E-state index is 0.0230. The zero-order valence-electron chi connectivity index (χ0n) is 9.63. The van der Waals surface area contributed by atoms with Crippen LogP contribution in [0.15, 0.2) is 6.07 Å². The molecule has 1 atom stereocenters. The van der Waals surface area contributed by atoms with Crippen LogP contribution in [0.3, 0.4) is 0 Å². The fourth-order valence-corrected chi connectivity index (χ4v) is 2.06. The highest BCUT2D eigenvalue weighted by atomic mass is 16.3. The summed E-state index contributed by atoms with van der Waals surface area (Å²) in [6.07, 6.45) is -0.0919. The molecule has 0 saturated carbocycles. The van der Waals surface area contributed by atoms with Crippen molar-refractivity contribution in [2.24, 2.45) is 0 Å². The molecule has 1 N–H and O–H groups in total. The van der Waals surface area contributed by atoms with Crippen LogP contribution in [-0.2, 0) is 24.5 Å². The zero-order chi connectivity index (χ0) is 12.4. The van der Waals surface area contributed by atoms with Crippen molar-refractivity contribution < 1.29 is 9.90 Å². The number of amides is 1. The Kier molecular flexibility index (Phi) is 3.11. The van der Waals surface area contributed by atoms with E-state index in [1.165, 1.54) is 0 Å². The molecule has 0 aromatic carbocycles. The number of hydrogen-bond acceptors (Lipinski definition) is 4. The third-order valence-corrected chi connectivity index (χ3v) is 2.93. The van der Waals surface area contributed by atoms with Crippen LogP contribution in [0.2, 0.25) is 0 Å². The summed E-state index contributed by atoms with van der Waals surface area (Å²) in [5.41, 5.74) is 1.51. The molecular weight excluding hydrogens is 220 g/mol. The number of nitrogens with zero attached hydrogens (tertiary/aromatic N) is 4. The molecule has 2 heterocycles. The molecule has 0 spiro atoms. The van der Waals surface area contributed by atoms with Gasteiger partial charge in [-0.2, -0.15) is 10.4 Å². The Labute approximate surface area is 99.1 Å². The number of carbonyl (C=O) groups excluding carboxylic acids is 1. The number of aliphatic hydroxyl groups excluding tert-OH is 1. The molecule has 17 heavy (non-hydrogen) atoms. The Bertz CT molecular complexity index is 474. The van der Waals surface area contributed by atoms with Crippen molar-refractivity contribution in [1.82, 2.24) is 14.7 Å². The first-order valence-corrected chi connectivity index (χ1v) is 5.48. The third kappa shape index (κ3) is 2.15. The second-order valence-corrected chi connectivity index (χ2v) is 4.17. The van der Waals surface area contributed by atoms with E-state index in [1.807, 2.05) is 17.7 Å². The number of hydrogen-bond donors (Lipinski definition) is 1. The van der Waals surface area contributed by atoms with E-state index in [0.29, 0.717) is 18.8 Å². The maximum Gasteiger partial charge on any atom is 0.237 e. The third-order valence-electron chi connectivity index (χ3n) is 2.93. The summed E-state index contributed by atoms with van der Waals surface area (Å²) >= 11 is 0. The number of nitriles is 1. The lowest BCUT2D eigenvalue weighted by molar-refractivity contribution is -0.134. The highest BCUT2D eigenvalue weighted by molar-refractivity contribution is 5.78. The second-order valence-electron chi connectivity index (χ2n) is 4.17. The van der Waals surface area contributed by atoms with Crippen molar-refractivity contribution in [2.45, 2.75) is 39.1 Å². The normalized spacial score (nSPS) is 18.6. The van der Waals surface area contributed by atoms with E-state index in [0.717, 1.165) is 5.69 Å². The van der Waals surface area contributed by atoms with Gasteiger partial charge in [-0.15, -0.1) is 0 Å². The predicted octanol–water partition coefficient (Wildman–Crippen LogP) is 0.0198. The molecule has 0 fully saturated rings. The molecule has 90 valence electrons. The van der Waals surface area contributed by atoms with Crippen LogP contribution in [0.25, 0.3) is 0 Å². The van der Waals surface area contributed by atoms with Crippen LogP contribution in [0.4, 0.5) is 0 Å². The number of aromatic nitrogens is 2. The van der Waals surface area contributed by atoms with Crippen LogP contribution < -0.4 is 0 Å². The topological polar surface area (TPSA) is 82.2 Å². The first kappa shape index (κ1) is 11.6. The van der Waals surface area contributed by atoms with Crippen molar-refractivity contribution in [3.8, 4) is 6.07 Å². The molecule has 6 nitrogen and oxygen atoms in total. The van der Waals surface area contributed by atoms with Crippen LogP contribution in [0, 0.1) is 11.3 Å². The lowest BCUT2D eigenvalue weighted by atomic mass is 10.2. The van der Waals surface area contributed by atoms with E-state index >= 15 is 0 Å². The lowest BCUT2D eigenvalue weighted by Gasteiger charge is -2.33. The van der Waals surface area contributed by atoms with Gasteiger partial charge in [-0.05, 0) is 13.0 Å². The van der Waals surface area contributed by atoms with Gasteiger partial charge in [-0.1, -0.05) is 0 Å². The maximum atomic E-state index is 11.7. The summed E-state index contributed by atoms with van der Waals surface area (Å²) in [6, 6.07) is 3.69. The van der Waals surface area contributed by atoms with Crippen LogP contribution in [0.5, 0.6) is 0 Å². The quantitative estimate of drug-likeness (QED) is 0.782. The predicted molar refractivity (Wildman–Crippen MR) is 58.4 cm³/mol. The number of fused-ring (bicyclic) bond motifs is 1. The summed E-state index contributed by atoms with van der Waals surface area (Å²) in [4.78, 5) is 13.4. The molecular formula is C11H14N4O2. The van der Waals surface area contributed by atoms with Crippen molar-refractivity contribution >= 4 is 5.91 Å². The van der Waals surface area contributed by atoms with Gasteiger partial charge in [0, 0.05) is 6.04 Å². The monoisotopic (exact) mass is 234 g/mol. The molecule has 1 amide bonds. The Morgan fingerprint density at radius 3 is 3.18 bits per heavy atom. The molecule has 1 aliphatic heterocycles. The van der Waals surface area contributed by atoms with Crippen LogP contribution >= 0.6 is 0 Å². The van der Waals surface area contributed by atoms with Gasteiger partial charge in [0.2, 0.25) is 5.91 Å². The minimum Gasteiger partial charge on any atom is -0.390 e. The Balaban J connectivity index is 2.20. The van der Waals surface area contributed by atoms with E-state index in [9.17, 15) is 4.79 Å². The van der Waals surface area contributed by atoms with Crippen LogP contribution in [-0.4, -0.2) is 31.7 Å². The van der Waals surface area contributed by atoms with Crippen molar-refractivity contribution in [2.75, 3.05) is 0 Å². The number of carbonyl (C=O) groups is 1. The van der Waals surface area contributed by atoms with Crippen molar-refractivity contribution in [3.63, 3.8) is 0 Å². The fourth-order valence-electron chi connectivity index (χ4n) is 2.06. The first-order chi connectivity index (χ1) is 8.15. The van der Waals surface area contributed by atoms with Crippen molar-refractivity contribution in [1.29, 1.82) is 5.26 Å². The summed E-state index contributed by atoms with van der Waals surface area (Å²) < 4.78 is 1.81. The van der Waals surface area contributed by atoms with E-state index < -0.39 is 0 Å². The Morgan fingerprint density at radius 1 is 1.76 bits per heavy atom. The van der Waals surface area contributed by atoms with Gasteiger partial charge in [0.25, 0.3) is 0 Å². The highest BCUT2D eigenvalue weighted by Gasteiger charge is 2.27. The molecule has 1 aromatic rings. The van der Waals surface area contributed by atoms with Gasteiger partial charge >= 0.3 is 0 Å². The minimum atomic E-state index is -0.155. The van der Waals surface area contributed by atoms with Gasteiger partial charge in [-0.3, -0.25) is 9.48 Å². The van der Waals surface area contributed by atoms with Gasteiger partial charge in [0.1, 0.15) is 6.42 Å². The largest absolute Gasteiger partial charge is 0.390 e. The van der Waals surface area contributed by atoms with E-state index in [1.54, 1.807) is 11.0 Å². The molecule has 0 aliphatic carbocycles. The molecule has 1 unspecified atom stereocenters. The summed E-state index contributed by atoms with van der Waals surface area (Å²) in [6.45, 7) is 2.89. The summed E-state index contributed by atoms with van der Waals surface area (Å²) in [5, 5.41) is 21.8. The molecule has 1 aliphatic rings.